The Balaban J connectivity index is 1.87. The molecule has 3 heteroatoms. The first-order valence-electron chi connectivity index (χ1n) is 7.00. The number of hydrogen-bond acceptors (Lipinski definition) is 2. The second kappa shape index (κ2) is 6.07. The zero-order valence-electron chi connectivity index (χ0n) is 11.1. The van der Waals surface area contributed by atoms with E-state index in [1.54, 1.807) is 12.1 Å². The second-order valence-electron chi connectivity index (χ2n) is 5.39. The summed E-state index contributed by atoms with van der Waals surface area (Å²) < 4.78 is 13.7. The number of benzene rings is 1. The SMILES string of the molecule is CCCC1CCC(Nc2ccc(N)cc2F)CC1. The highest BCUT2D eigenvalue weighted by Gasteiger charge is 2.20. The average molecular weight is 250 g/mol. The van der Waals surface area contributed by atoms with Gasteiger partial charge in [-0.2, -0.15) is 0 Å². The van der Waals surface area contributed by atoms with Gasteiger partial charge >= 0.3 is 0 Å². The predicted octanol–water partition coefficient (Wildman–Crippen LogP) is 4.18. The van der Waals surface area contributed by atoms with Crippen molar-refractivity contribution in [1.82, 2.24) is 0 Å². The molecule has 1 aromatic carbocycles. The van der Waals surface area contributed by atoms with Crippen molar-refractivity contribution in [3.8, 4) is 0 Å². The van der Waals surface area contributed by atoms with Gasteiger partial charge in [-0.3, -0.25) is 0 Å². The third kappa shape index (κ3) is 3.37. The minimum atomic E-state index is -0.245. The fourth-order valence-corrected chi connectivity index (χ4v) is 2.87. The molecule has 0 bridgehead atoms. The molecule has 2 nitrogen and oxygen atoms in total. The first kappa shape index (κ1) is 13.2. The first-order valence-corrected chi connectivity index (χ1v) is 7.00. The van der Waals surface area contributed by atoms with Gasteiger partial charge in [-0.1, -0.05) is 19.8 Å². The molecular weight excluding hydrogens is 227 g/mol. The van der Waals surface area contributed by atoms with Crippen LogP contribution in [0.5, 0.6) is 0 Å². The number of hydrogen-bond donors (Lipinski definition) is 2. The molecule has 1 aliphatic rings. The Labute approximate surface area is 109 Å². The molecule has 0 aromatic heterocycles. The van der Waals surface area contributed by atoms with Gasteiger partial charge in [0.2, 0.25) is 0 Å². The zero-order chi connectivity index (χ0) is 13.0. The fraction of sp³-hybridized carbons (Fsp3) is 0.600. The smallest absolute Gasteiger partial charge is 0.148 e. The van der Waals surface area contributed by atoms with Crippen molar-refractivity contribution < 1.29 is 4.39 Å². The molecule has 0 radical (unpaired) electrons. The number of halogens is 1. The highest BCUT2D eigenvalue weighted by Crippen LogP contribution is 2.30. The molecule has 0 aliphatic heterocycles. The molecule has 0 unspecified atom stereocenters. The molecule has 0 saturated heterocycles. The maximum atomic E-state index is 13.7. The summed E-state index contributed by atoms with van der Waals surface area (Å²) in [6, 6.07) is 5.28. The predicted molar refractivity (Wildman–Crippen MR) is 75.1 cm³/mol. The van der Waals surface area contributed by atoms with Crippen LogP contribution in [0, 0.1) is 11.7 Å². The maximum Gasteiger partial charge on any atom is 0.148 e. The summed E-state index contributed by atoms with van der Waals surface area (Å²) in [5.41, 5.74) is 6.61. The quantitative estimate of drug-likeness (QED) is 0.787. The lowest BCUT2D eigenvalue weighted by Gasteiger charge is -2.29. The van der Waals surface area contributed by atoms with Gasteiger partial charge in [-0.05, 0) is 49.8 Å². The Morgan fingerprint density at radius 1 is 1.28 bits per heavy atom. The Morgan fingerprint density at radius 3 is 2.61 bits per heavy atom. The van der Waals surface area contributed by atoms with Gasteiger partial charge in [0.15, 0.2) is 0 Å². The monoisotopic (exact) mass is 250 g/mol. The summed E-state index contributed by atoms with van der Waals surface area (Å²) in [7, 11) is 0. The Bertz CT molecular complexity index is 384. The average Bonchev–Trinajstić information content (AvgIpc) is 2.35. The molecule has 1 fully saturated rings. The van der Waals surface area contributed by atoms with Crippen molar-refractivity contribution in [2.75, 3.05) is 11.1 Å². The van der Waals surface area contributed by atoms with E-state index in [1.165, 1.54) is 31.7 Å². The number of nitrogens with two attached hydrogens (primary N) is 1. The standard InChI is InChI=1S/C15H23FN2/c1-2-3-11-4-7-13(8-5-11)18-15-9-6-12(17)10-14(15)16/h6,9-11,13,18H,2-5,7-8,17H2,1H3. The fourth-order valence-electron chi connectivity index (χ4n) is 2.87. The molecule has 0 atom stereocenters. The Morgan fingerprint density at radius 2 is 2.00 bits per heavy atom. The van der Waals surface area contributed by atoms with E-state index >= 15 is 0 Å². The molecule has 3 N–H and O–H groups in total. The van der Waals surface area contributed by atoms with E-state index < -0.39 is 0 Å². The zero-order valence-corrected chi connectivity index (χ0v) is 11.1. The van der Waals surface area contributed by atoms with Crippen molar-refractivity contribution in [3.63, 3.8) is 0 Å². The molecule has 1 saturated carbocycles. The van der Waals surface area contributed by atoms with Crippen molar-refractivity contribution in [1.29, 1.82) is 0 Å². The van der Waals surface area contributed by atoms with Gasteiger partial charge in [-0.15, -0.1) is 0 Å². The van der Waals surface area contributed by atoms with E-state index in [0.29, 0.717) is 17.4 Å². The minimum absolute atomic E-state index is 0.245. The lowest BCUT2D eigenvalue weighted by Crippen LogP contribution is -2.26. The van der Waals surface area contributed by atoms with E-state index in [2.05, 4.69) is 12.2 Å². The minimum Gasteiger partial charge on any atom is -0.399 e. The largest absolute Gasteiger partial charge is 0.399 e. The summed E-state index contributed by atoms with van der Waals surface area (Å²) in [5, 5.41) is 3.31. The molecule has 2 rings (SSSR count). The van der Waals surface area contributed by atoms with Gasteiger partial charge in [0.25, 0.3) is 0 Å². The Kier molecular flexibility index (Phi) is 4.45. The third-order valence-electron chi connectivity index (χ3n) is 3.90. The molecule has 0 amide bonds. The highest BCUT2D eigenvalue weighted by molar-refractivity contribution is 5.53. The van der Waals surface area contributed by atoms with Gasteiger partial charge in [-0.25, -0.2) is 4.39 Å². The molecule has 1 aliphatic carbocycles. The summed E-state index contributed by atoms with van der Waals surface area (Å²) in [6.07, 6.45) is 7.44. The van der Waals surface area contributed by atoms with Crippen LogP contribution in [0.25, 0.3) is 0 Å². The molecule has 100 valence electrons. The lowest BCUT2D eigenvalue weighted by molar-refractivity contribution is 0.318. The Hall–Kier alpha value is -1.25. The van der Waals surface area contributed by atoms with Crippen LogP contribution in [-0.4, -0.2) is 6.04 Å². The summed E-state index contributed by atoms with van der Waals surface area (Å²) in [5.74, 6) is 0.634. The van der Waals surface area contributed by atoms with Crippen LogP contribution in [0.4, 0.5) is 15.8 Å². The first-order chi connectivity index (χ1) is 8.69. The third-order valence-corrected chi connectivity index (χ3v) is 3.90. The van der Waals surface area contributed by atoms with Crippen LogP contribution in [0.1, 0.15) is 45.4 Å². The van der Waals surface area contributed by atoms with E-state index in [4.69, 9.17) is 5.73 Å². The molecular formula is C15H23FN2. The van der Waals surface area contributed by atoms with Gasteiger partial charge in [0.05, 0.1) is 5.69 Å². The molecule has 0 spiro atoms. The molecule has 18 heavy (non-hydrogen) atoms. The topological polar surface area (TPSA) is 38.0 Å². The van der Waals surface area contributed by atoms with Gasteiger partial charge in [0, 0.05) is 11.7 Å². The van der Waals surface area contributed by atoms with Crippen molar-refractivity contribution in [3.05, 3.63) is 24.0 Å². The van der Waals surface area contributed by atoms with Crippen LogP contribution >= 0.6 is 0 Å². The summed E-state index contributed by atoms with van der Waals surface area (Å²) in [6.45, 7) is 2.24. The summed E-state index contributed by atoms with van der Waals surface area (Å²) >= 11 is 0. The van der Waals surface area contributed by atoms with E-state index in [-0.39, 0.29) is 5.82 Å². The van der Waals surface area contributed by atoms with Gasteiger partial charge < -0.3 is 11.1 Å². The number of nitrogens with one attached hydrogen (secondary N) is 1. The van der Waals surface area contributed by atoms with Crippen LogP contribution < -0.4 is 11.1 Å². The maximum absolute atomic E-state index is 13.7. The normalized spacial score (nSPS) is 23.9. The number of anilines is 2. The number of nitrogen functional groups attached to an aromatic ring is 1. The molecule has 0 heterocycles. The molecule has 1 aromatic rings. The van der Waals surface area contributed by atoms with Gasteiger partial charge in [0.1, 0.15) is 5.82 Å². The lowest BCUT2D eigenvalue weighted by atomic mass is 9.83. The highest BCUT2D eigenvalue weighted by atomic mass is 19.1. The van der Waals surface area contributed by atoms with Crippen LogP contribution in [0.3, 0.4) is 0 Å². The van der Waals surface area contributed by atoms with Crippen LogP contribution in [0.2, 0.25) is 0 Å². The van der Waals surface area contributed by atoms with Crippen molar-refractivity contribution >= 4 is 11.4 Å². The van der Waals surface area contributed by atoms with E-state index in [9.17, 15) is 4.39 Å². The van der Waals surface area contributed by atoms with Crippen LogP contribution in [0.15, 0.2) is 18.2 Å². The van der Waals surface area contributed by atoms with Crippen molar-refractivity contribution in [2.24, 2.45) is 5.92 Å². The number of rotatable bonds is 4. The summed E-state index contributed by atoms with van der Waals surface area (Å²) in [4.78, 5) is 0. The van der Waals surface area contributed by atoms with E-state index in [1.807, 2.05) is 0 Å². The van der Waals surface area contributed by atoms with Crippen molar-refractivity contribution in [2.45, 2.75) is 51.5 Å². The van der Waals surface area contributed by atoms with E-state index in [0.717, 1.165) is 18.8 Å². The second-order valence-corrected chi connectivity index (χ2v) is 5.39. The van der Waals surface area contributed by atoms with Crippen LogP contribution in [-0.2, 0) is 0 Å².